The quantitative estimate of drug-likeness (QED) is 0.326. The number of hydrogen-bond acceptors (Lipinski definition) is 2. The van der Waals surface area contributed by atoms with Crippen LogP contribution < -0.4 is 0 Å². The third-order valence-corrected chi connectivity index (χ3v) is 3.30. The summed E-state index contributed by atoms with van der Waals surface area (Å²) in [5, 5.41) is 4.19. The normalized spacial score (nSPS) is 9.85. The van der Waals surface area contributed by atoms with Crippen LogP contribution in [0.1, 0.15) is 22.3 Å². The largest absolute Gasteiger partial charge is 0.294 e. The van der Waals surface area contributed by atoms with E-state index in [0.717, 1.165) is 5.56 Å². The van der Waals surface area contributed by atoms with Crippen LogP contribution in [0.2, 0.25) is 5.02 Å². The number of hydrogen-bond donors (Lipinski definition) is 0. The molecule has 5 heteroatoms. The number of Topliss-reactive ketones (excluding diaryl/α,β-unsaturated/α-hetero) is 1. The van der Waals surface area contributed by atoms with Gasteiger partial charge in [-0.2, -0.15) is 0 Å². The van der Waals surface area contributed by atoms with Crippen LogP contribution in [0.15, 0.2) is 53.6 Å². The standard InChI is InChI=1S/C15H12ClN3O/c16-13-7-3-1-5-11(13)9-10-15(20)12-6-2-4-8-14(12)18-19-17/h1-8H,9-10H2. The third-order valence-electron chi connectivity index (χ3n) is 2.94. The molecule has 0 saturated heterocycles. The lowest BCUT2D eigenvalue weighted by Gasteiger charge is -2.05. The number of benzene rings is 2. The van der Waals surface area contributed by atoms with Crippen LogP contribution >= 0.6 is 11.6 Å². The number of nitrogens with zero attached hydrogens (tertiary/aromatic N) is 3. The van der Waals surface area contributed by atoms with Gasteiger partial charge in [-0.3, -0.25) is 4.79 Å². The van der Waals surface area contributed by atoms with Crippen LogP contribution in [0.3, 0.4) is 0 Å². The van der Waals surface area contributed by atoms with Gasteiger partial charge in [-0.15, -0.1) is 0 Å². The second kappa shape index (κ2) is 6.75. The fraction of sp³-hybridized carbons (Fsp3) is 0.133. The maximum Gasteiger partial charge on any atom is 0.163 e. The molecule has 0 aliphatic heterocycles. The van der Waals surface area contributed by atoms with Crippen molar-refractivity contribution in [3.63, 3.8) is 0 Å². The fourth-order valence-electron chi connectivity index (χ4n) is 1.93. The molecule has 0 atom stereocenters. The van der Waals surface area contributed by atoms with E-state index in [9.17, 15) is 4.79 Å². The van der Waals surface area contributed by atoms with Gasteiger partial charge in [-0.1, -0.05) is 59.2 Å². The summed E-state index contributed by atoms with van der Waals surface area (Å²) in [4.78, 5) is 14.9. The molecule has 0 spiro atoms. The predicted octanol–water partition coefficient (Wildman–Crippen LogP) is 5.10. The molecule has 0 N–H and O–H groups in total. The monoisotopic (exact) mass is 285 g/mol. The molecular formula is C15H12ClN3O. The highest BCUT2D eigenvalue weighted by Crippen LogP contribution is 2.22. The number of carbonyl (C=O) groups excluding carboxylic acids is 1. The number of carbonyl (C=O) groups is 1. The van der Waals surface area contributed by atoms with Crippen molar-refractivity contribution >= 4 is 23.1 Å². The number of halogens is 1. The molecule has 20 heavy (non-hydrogen) atoms. The summed E-state index contributed by atoms with van der Waals surface area (Å²) in [7, 11) is 0. The Morgan fingerprint density at radius 2 is 1.85 bits per heavy atom. The zero-order valence-electron chi connectivity index (χ0n) is 10.7. The maximum absolute atomic E-state index is 12.2. The third kappa shape index (κ3) is 3.38. The van der Waals surface area contributed by atoms with Crippen molar-refractivity contribution in [2.24, 2.45) is 5.11 Å². The highest BCUT2D eigenvalue weighted by molar-refractivity contribution is 6.31. The molecule has 0 unspecified atom stereocenters. The number of azide groups is 1. The van der Waals surface area contributed by atoms with Gasteiger partial charge in [-0.25, -0.2) is 0 Å². The van der Waals surface area contributed by atoms with Crippen molar-refractivity contribution in [3.8, 4) is 0 Å². The molecule has 0 fully saturated rings. The van der Waals surface area contributed by atoms with E-state index in [1.54, 1.807) is 30.3 Å². The summed E-state index contributed by atoms with van der Waals surface area (Å²) < 4.78 is 0. The maximum atomic E-state index is 12.2. The van der Waals surface area contributed by atoms with Gasteiger partial charge in [0, 0.05) is 27.6 Å². The van der Waals surface area contributed by atoms with Gasteiger partial charge in [0.05, 0.1) is 0 Å². The van der Waals surface area contributed by atoms with Crippen molar-refractivity contribution in [3.05, 3.63) is 75.1 Å². The molecule has 0 amide bonds. The second-order valence-corrected chi connectivity index (χ2v) is 4.63. The zero-order chi connectivity index (χ0) is 14.4. The molecule has 0 aliphatic carbocycles. The molecule has 0 bridgehead atoms. The van der Waals surface area contributed by atoms with E-state index in [2.05, 4.69) is 10.0 Å². The molecule has 0 saturated carbocycles. The molecule has 100 valence electrons. The van der Waals surface area contributed by atoms with Crippen LogP contribution in [0.25, 0.3) is 10.4 Å². The summed E-state index contributed by atoms with van der Waals surface area (Å²) in [5.41, 5.74) is 10.2. The first kappa shape index (κ1) is 14.1. The van der Waals surface area contributed by atoms with E-state index in [4.69, 9.17) is 17.1 Å². The van der Waals surface area contributed by atoms with E-state index >= 15 is 0 Å². The summed E-state index contributed by atoms with van der Waals surface area (Å²) in [6.07, 6.45) is 0.880. The van der Waals surface area contributed by atoms with Gasteiger partial charge in [0.25, 0.3) is 0 Å². The summed E-state index contributed by atoms with van der Waals surface area (Å²) in [6, 6.07) is 14.2. The molecule has 0 radical (unpaired) electrons. The Hall–Kier alpha value is -2.29. The van der Waals surface area contributed by atoms with Crippen molar-refractivity contribution in [1.82, 2.24) is 0 Å². The molecule has 2 rings (SSSR count). The van der Waals surface area contributed by atoms with Crippen LogP contribution in [0, 0.1) is 0 Å². The number of aryl methyl sites for hydroxylation is 1. The topological polar surface area (TPSA) is 65.8 Å². The Morgan fingerprint density at radius 3 is 2.60 bits per heavy atom. The van der Waals surface area contributed by atoms with Crippen molar-refractivity contribution in [1.29, 1.82) is 0 Å². The zero-order valence-corrected chi connectivity index (χ0v) is 11.4. The lowest BCUT2D eigenvalue weighted by molar-refractivity contribution is 0.0983. The Balaban J connectivity index is 2.13. The Morgan fingerprint density at radius 1 is 1.15 bits per heavy atom. The summed E-state index contributed by atoms with van der Waals surface area (Å²) in [5.74, 6) is -0.0621. The Labute approximate surface area is 121 Å². The van der Waals surface area contributed by atoms with E-state index in [1.807, 2.05) is 18.2 Å². The number of rotatable bonds is 5. The van der Waals surface area contributed by atoms with Crippen LogP contribution in [-0.2, 0) is 6.42 Å². The average Bonchev–Trinajstić information content (AvgIpc) is 2.47. The highest BCUT2D eigenvalue weighted by Gasteiger charge is 2.10. The van der Waals surface area contributed by atoms with Gasteiger partial charge in [0.2, 0.25) is 0 Å². The Bertz CT molecular complexity index is 678. The lowest BCUT2D eigenvalue weighted by atomic mass is 10.0. The second-order valence-electron chi connectivity index (χ2n) is 4.22. The summed E-state index contributed by atoms with van der Waals surface area (Å²) in [6.45, 7) is 0. The van der Waals surface area contributed by atoms with E-state index in [-0.39, 0.29) is 5.78 Å². The predicted molar refractivity (Wildman–Crippen MR) is 79.4 cm³/mol. The molecule has 2 aromatic rings. The van der Waals surface area contributed by atoms with Crippen molar-refractivity contribution in [2.75, 3.05) is 0 Å². The van der Waals surface area contributed by atoms with Gasteiger partial charge in [0.15, 0.2) is 5.78 Å². The average molecular weight is 286 g/mol. The van der Waals surface area contributed by atoms with Gasteiger partial charge < -0.3 is 0 Å². The first-order valence-corrected chi connectivity index (χ1v) is 6.51. The first-order chi connectivity index (χ1) is 9.72. The smallest absolute Gasteiger partial charge is 0.163 e. The molecule has 0 aromatic heterocycles. The minimum atomic E-state index is -0.0621. The molecule has 4 nitrogen and oxygen atoms in total. The molecule has 0 aliphatic rings. The van der Waals surface area contributed by atoms with E-state index in [1.165, 1.54) is 0 Å². The fourth-order valence-corrected chi connectivity index (χ4v) is 2.16. The van der Waals surface area contributed by atoms with Crippen molar-refractivity contribution < 1.29 is 4.79 Å². The molecule has 0 heterocycles. The lowest BCUT2D eigenvalue weighted by Crippen LogP contribution is -2.01. The van der Waals surface area contributed by atoms with Gasteiger partial charge in [0.1, 0.15) is 0 Å². The van der Waals surface area contributed by atoms with Gasteiger partial charge in [-0.05, 0) is 23.6 Å². The van der Waals surface area contributed by atoms with E-state index < -0.39 is 0 Å². The van der Waals surface area contributed by atoms with Crippen LogP contribution in [0.5, 0.6) is 0 Å². The molecule has 2 aromatic carbocycles. The van der Waals surface area contributed by atoms with Crippen LogP contribution in [0.4, 0.5) is 5.69 Å². The minimum absolute atomic E-state index is 0.0621. The number of ketones is 1. The molecular weight excluding hydrogens is 274 g/mol. The van der Waals surface area contributed by atoms with Crippen LogP contribution in [-0.4, -0.2) is 5.78 Å². The SMILES string of the molecule is [N-]=[N+]=Nc1ccccc1C(=O)CCc1ccccc1Cl. The highest BCUT2D eigenvalue weighted by atomic mass is 35.5. The Kier molecular flexibility index (Phi) is 4.77. The van der Waals surface area contributed by atoms with Gasteiger partial charge >= 0.3 is 0 Å². The summed E-state index contributed by atoms with van der Waals surface area (Å²) >= 11 is 6.06. The first-order valence-electron chi connectivity index (χ1n) is 6.13. The van der Waals surface area contributed by atoms with E-state index in [0.29, 0.717) is 29.1 Å². The minimum Gasteiger partial charge on any atom is -0.294 e. The van der Waals surface area contributed by atoms with Crippen molar-refractivity contribution in [2.45, 2.75) is 12.8 Å².